The van der Waals surface area contributed by atoms with Crippen molar-refractivity contribution >= 4 is 34.4 Å². The summed E-state index contributed by atoms with van der Waals surface area (Å²) in [6, 6.07) is 6.62. The van der Waals surface area contributed by atoms with Crippen molar-refractivity contribution in [2.75, 3.05) is 29.9 Å². The Kier molecular flexibility index (Phi) is 5.70. The summed E-state index contributed by atoms with van der Waals surface area (Å²) in [5.74, 6) is -2.63. The Hall–Kier alpha value is -4.03. The molecule has 13 heteroatoms. The third-order valence-electron chi connectivity index (χ3n) is 5.04. The number of halogens is 3. The monoisotopic (exact) mass is 465 g/mol. The molecule has 1 fully saturated rings. The Labute approximate surface area is 183 Å². The van der Waals surface area contributed by atoms with Crippen molar-refractivity contribution in [3.8, 4) is 5.75 Å². The van der Waals surface area contributed by atoms with Gasteiger partial charge in [0.15, 0.2) is 11.2 Å². The number of rotatable bonds is 3. The van der Waals surface area contributed by atoms with Gasteiger partial charge in [-0.3, -0.25) is 14.6 Å². The highest BCUT2D eigenvalue weighted by atomic mass is 19.4. The van der Waals surface area contributed by atoms with Gasteiger partial charge >= 0.3 is 23.9 Å². The molecular weight excluding hydrogens is 447 g/mol. The third kappa shape index (κ3) is 5.07. The second-order valence-electron chi connectivity index (χ2n) is 7.37. The zero-order valence-electron chi connectivity index (χ0n) is 17.2. The Balaban J connectivity index is 1.36. The number of aromatic nitrogens is 2. The molecule has 1 aliphatic heterocycles. The Bertz CT molecular complexity index is 1240. The molecule has 10 nitrogen and oxygen atoms in total. The van der Waals surface area contributed by atoms with Gasteiger partial charge in [-0.15, -0.1) is 13.2 Å². The Morgan fingerprint density at radius 2 is 1.97 bits per heavy atom. The van der Waals surface area contributed by atoms with Crippen molar-refractivity contribution in [2.24, 2.45) is 0 Å². The number of carbonyl (C=O) groups is 2. The number of nitrogens with zero attached hydrogens (tertiary/aromatic N) is 3. The van der Waals surface area contributed by atoms with Crippen LogP contribution >= 0.6 is 0 Å². The molecule has 1 aliphatic rings. The summed E-state index contributed by atoms with van der Waals surface area (Å²) in [6.07, 6.45) is -3.48. The van der Waals surface area contributed by atoms with Crippen molar-refractivity contribution in [1.29, 1.82) is 0 Å². The Morgan fingerprint density at radius 1 is 1.24 bits per heavy atom. The molecule has 0 unspecified atom stereocenters. The number of H-pyrrole nitrogens is 1. The maximum Gasteiger partial charge on any atom is 0.573 e. The molecule has 3 heterocycles. The molecule has 1 saturated heterocycles. The van der Waals surface area contributed by atoms with Crippen LogP contribution in [0.15, 0.2) is 45.7 Å². The quantitative estimate of drug-likeness (QED) is 0.569. The van der Waals surface area contributed by atoms with E-state index in [-0.39, 0.29) is 41.8 Å². The van der Waals surface area contributed by atoms with Crippen LogP contribution in [0.5, 0.6) is 5.75 Å². The standard InChI is InChI=1S/C20H18F3N5O5/c1-11-10-27(6-7-28(11)13-2-4-14(5-3-13)33-20(21,22)23)18(30)17(29)25-12-8-15-16(24-9-12)26-19(31)32-15/h2-5,8-9,11H,6-7,10H2,1H3,(H,25,29)(H,24,26,31)/t11-/m1/s1. The average Bonchev–Trinajstić information content (AvgIpc) is 3.12. The highest BCUT2D eigenvalue weighted by molar-refractivity contribution is 6.39. The van der Waals surface area contributed by atoms with Crippen molar-refractivity contribution in [3.05, 3.63) is 47.1 Å². The van der Waals surface area contributed by atoms with E-state index in [1.165, 1.54) is 41.4 Å². The number of ether oxygens (including phenoxy) is 1. The molecule has 33 heavy (non-hydrogen) atoms. The zero-order valence-corrected chi connectivity index (χ0v) is 17.2. The summed E-state index contributed by atoms with van der Waals surface area (Å²) in [4.78, 5) is 45.8. The molecule has 0 spiro atoms. The van der Waals surface area contributed by atoms with Crippen LogP contribution in [0, 0.1) is 0 Å². The number of piperazine rings is 1. The van der Waals surface area contributed by atoms with E-state index < -0.39 is 23.9 Å². The first-order valence-electron chi connectivity index (χ1n) is 9.80. The van der Waals surface area contributed by atoms with Gasteiger partial charge in [-0.05, 0) is 31.2 Å². The predicted molar refractivity (Wildman–Crippen MR) is 110 cm³/mol. The Morgan fingerprint density at radius 3 is 2.64 bits per heavy atom. The number of benzene rings is 1. The van der Waals surface area contributed by atoms with E-state index in [1.54, 1.807) is 0 Å². The summed E-state index contributed by atoms with van der Waals surface area (Å²) in [6.45, 7) is 2.68. The molecule has 2 amide bonds. The second-order valence-corrected chi connectivity index (χ2v) is 7.37. The number of nitrogens with one attached hydrogen (secondary N) is 2. The van der Waals surface area contributed by atoms with Gasteiger partial charge < -0.3 is 24.3 Å². The van der Waals surface area contributed by atoms with Crippen LogP contribution in [0.3, 0.4) is 0 Å². The average molecular weight is 465 g/mol. The molecule has 174 valence electrons. The number of fused-ring (bicyclic) bond motifs is 1. The molecule has 0 radical (unpaired) electrons. The minimum absolute atomic E-state index is 0.138. The van der Waals surface area contributed by atoms with Gasteiger partial charge in [0, 0.05) is 37.4 Å². The van der Waals surface area contributed by atoms with Crippen LogP contribution in [-0.2, 0) is 9.59 Å². The van der Waals surface area contributed by atoms with E-state index >= 15 is 0 Å². The maximum absolute atomic E-state index is 12.6. The molecule has 1 atom stereocenters. The number of alkyl halides is 3. The summed E-state index contributed by atoms with van der Waals surface area (Å²) in [5, 5.41) is 2.43. The van der Waals surface area contributed by atoms with Crippen LogP contribution in [0.1, 0.15) is 6.92 Å². The lowest BCUT2D eigenvalue weighted by atomic mass is 10.1. The van der Waals surface area contributed by atoms with Crippen molar-refractivity contribution < 1.29 is 31.9 Å². The van der Waals surface area contributed by atoms with Crippen LogP contribution in [0.2, 0.25) is 0 Å². The number of hydrogen-bond acceptors (Lipinski definition) is 7. The van der Waals surface area contributed by atoms with Gasteiger partial charge in [0.2, 0.25) is 0 Å². The maximum atomic E-state index is 12.6. The van der Waals surface area contributed by atoms with Crippen LogP contribution in [0.25, 0.3) is 11.2 Å². The molecule has 2 N–H and O–H groups in total. The topological polar surface area (TPSA) is 121 Å². The molecule has 0 bridgehead atoms. The fourth-order valence-electron chi connectivity index (χ4n) is 3.60. The molecular formula is C20H18F3N5O5. The van der Waals surface area contributed by atoms with Gasteiger partial charge in [0.25, 0.3) is 0 Å². The zero-order chi connectivity index (χ0) is 23.8. The van der Waals surface area contributed by atoms with Gasteiger partial charge in [0.05, 0.1) is 11.9 Å². The predicted octanol–water partition coefficient (Wildman–Crippen LogP) is 2.09. The second kappa shape index (κ2) is 8.48. The number of pyridine rings is 1. The van der Waals surface area contributed by atoms with Crippen LogP contribution in [-0.4, -0.2) is 58.7 Å². The van der Waals surface area contributed by atoms with Gasteiger partial charge in [-0.1, -0.05) is 0 Å². The van der Waals surface area contributed by atoms with Gasteiger partial charge in [-0.25, -0.2) is 9.78 Å². The van der Waals surface area contributed by atoms with E-state index in [0.29, 0.717) is 12.2 Å². The third-order valence-corrected chi connectivity index (χ3v) is 5.04. The highest BCUT2D eigenvalue weighted by Gasteiger charge is 2.32. The van der Waals surface area contributed by atoms with E-state index in [2.05, 4.69) is 20.0 Å². The smallest absolute Gasteiger partial charge is 0.406 e. The molecule has 0 aliphatic carbocycles. The normalized spacial score (nSPS) is 16.7. The highest BCUT2D eigenvalue weighted by Crippen LogP contribution is 2.27. The van der Waals surface area contributed by atoms with Gasteiger partial charge in [-0.2, -0.15) is 0 Å². The van der Waals surface area contributed by atoms with Crippen LogP contribution in [0.4, 0.5) is 24.5 Å². The molecule has 4 rings (SSSR count). The SMILES string of the molecule is C[C@@H]1CN(C(=O)C(=O)Nc2cnc3[nH]c(=O)oc3c2)CCN1c1ccc(OC(F)(F)F)cc1. The minimum atomic E-state index is -4.77. The van der Waals surface area contributed by atoms with Crippen molar-refractivity contribution in [3.63, 3.8) is 0 Å². The number of carbonyl (C=O) groups excluding carboxylic acids is 2. The first kappa shape index (κ1) is 22.2. The number of aromatic amines is 1. The van der Waals surface area contributed by atoms with Crippen molar-refractivity contribution in [1.82, 2.24) is 14.9 Å². The fourth-order valence-corrected chi connectivity index (χ4v) is 3.60. The number of hydrogen-bond donors (Lipinski definition) is 2. The molecule has 2 aromatic heterocycles. The molecule has 1 aromatic carbocycles. The number of amides is 2. The van der Waals surface area contributed by atoms with E-state index in [9.17, 15) is 27.6 Å². The van der Waals surface area contributed by atoms with Gasteiger partial charge in [0.1, 0.15) is 5.75 Å². The fraction of sp³-hybridized carbons (Fsp3) is 0.300. The summed E-state index contributed by atoms with van der Waals surface area (Å²) < 4.78 is 45.7. The van der Waals surface area contributed by atoms with E-state index in [0.717, 1.165) is 0 Å². The largest absolute Gasteiger partial charge is 0.573 e. The minimum Gasteiger partial charge on any atom is -0.406 e. The first-order chi connectivity index (χ1) is 15.6. The van der Waals surface area contributed by atoms with E-state index in [1.807, 2.05) is 11.8 Å². The lowest BCUT2D eigenvalue weighted by Gasteiger charge is -2.41. The van der Waals surface area contributed by atoms with Crippen LogP contribution < -0.4 is 20.7 Å². The summed E-state index contributed by atoms with van der Waals surface area (Å²) >= 11 is 0. The summed E-state index contributed by atoms with van der Waals surface area (Å²) in [5.41, 5.74) is 1.21. The number of anilines is 2. The number of oxazole rings is 1. The lowest BCUT2D eigenvalue weighted by Crippen LogP contribution is -2.55. The molecule has 0 saturated carbocycles. The summed E-state index contributed by atoms with van der Waals surface area (Å²) in [7, 11) is 0. The molecule has 3 aromatic rings. The van der Waals surface area contributed by atoms with Crippen molar-refractivity contribution in [2.45, 2.75) is 19.3 Å². The first-order valence-corrected chi connectivity index (χ1v) is 9.80. The van der Waals surface area contributed by atoms with E-state index in [4.69, 9.17) is 4.42 Å². The lowest BCUT2D eigenvalue weighted by molar-refractivity contribution is -0.274.